The van der Waals surface area contributed by atoms with Gasteiger partial charge in [-0.25, -0.2) is 0 Å². The molecular formula is C8H13N3O. The van der Waals surface area contributed by atoms with Gasteiger partial charge in [-0.2, -0.15) is 5.26 Å². The predicted octanol–water partition coefficient (Wildman–Crippen LogP) is -0.233. The van der Waals surface area contributed by atoms with Crippen molar-refractivity contribution in [3.05, 3.63) is 0 Å². The molecule has 0 aliphatic heterocycles. The highest BCUT2D eigenvalue weighted by Crippen LogP contribution is 2.18. The molecule has 1 unspecified atom stereocenters. The number of nitrogens with zero attached hydrogens (tertiary/aromatic N) is 1. The third-order valence-electron chi connectivity index (χ3n) is 1.80. The summed E-state index contributed by atoms with van der Waals surface area (Å²) in [6.07, 6.45) is 2.19. The average molecular weight is 167 g/mol. The highest BCUT2D eigenvalue weighted by molar-refractivity contribution is 5.81. The summed E-state index contributed by atoms with van der Waals surface area (Å²) in [5, 5.41) is 13.9. The number of carbonyl (C=O) groups is 1. The summed E-state index contributed by atoms with van der Waals surface area (Å²) in [5.41, 5.74) is 0. The second-order valence-corrected chi connectivity index (χ2v) is 3.04. The molecule has 1 aliphatic rings. The molecule has 4 nitrogen and oxygen atoms in total. The molecule has 0 heterocycles. The maximum absolute atomic E-state index is 11.2. The fraction of sp³-hybridized carbons (Fsp3) is 0.750. The molecule has 1 aliphatic carbocycles. The number of carbonyl (C=O) groups excluding carboxylic acids is 1. The van der Waals surface area contributed by atoms with Gasteiger partial charge >= 0.3 is 0 Å². The minimum Gasteiger partial charge on any atom is -0.352 e. The minimum atomic E-state index is -0.259. The van der Waals surface area contributed by atoms with E-state index in [1.165, 1.54) is 0 Å². The average Bonchev–Trinajstić information content (AvgIpc) is 2.83. The lowest BCUT2D eigenvalue weighted by atomic mass is 10.3. The fourth-order valence-electron chi connectivity index (χ4n) is 0.845. The van der Waals surface area contributed by atoms with E-state index in [9.17, 15) is 4.79 Å². The molecule has 0 saturated heterocycles. The van der Waals surface area contributed by atoms with Crippen LogP contribution in [0.25, 0.3) is 0 Å². The van der Waals surface area contributed by atoms with Crippen molar-refractivity contribution in [2.75, 3.05) is 6.54 Å². The number of rotatable bonds is 4. The molecule has 12 heavy (non-hydrogen) atoms. The van der Waals surface area contributed by atoms with Crippen molar-refractivity contribution in [3.8, 4) is 6.07 Å². The monoisotopic (exact) mass is 167 g/mol. The molecule has 0 aromatic carbocycles. The van der Waals surface area contributed by atoms with Crippen molar-refractivity contribution >= 4 is 5.91 Å². The number of nitriles is 1. The lowest BCUT2D eigenvalue weighted by molar-refractivity contribution is -0.122. The van der Waals surface area contributed by atoms with Gasteiger partial charge in [-0.15, -0.1) is 0 Å². The largest absolute Gasteiger partial charge is 0.352 e. The van der Waals surface area contributed by atoms with E-state index in [4.69, 9.17) is 5.26 Å². The van der Waals surface area contributed by atoms with Gasteiger partial charge in [0.25, 0.3) is 0 Å². The Hall–Kier alpha value is -1.08. The van der Waals surface area contributed by atoms with E-state index in [1.807, 2.05) is 6.07 Å². The maximum Gasteiger partial charge on any atom is 0.237 e. The molecule has 1 atom stereocenters. The lowest BCUT2D eigenvalue weighted by Crippen LogP contribution is -2.43. The number of hydrogen-bond acceptors (Lipinski definition) is 3. The summed E-state index contributed by atoms with van der Waals surface area (Å²) >= 11 is 0. The van der Waals surface area contributed by atoms with Gasteiger partial charge in [0.05, 0.1) is 18.7 Å². The zero-order valence-corrected chi connectivity index (χ0v) is 7.13. The summed E-state index contributed by atoms with van der Waals surface area (Å²) in [6, 6.07) is 2.06. The zero-order valence-electron chi connectivity index (χ0n) is 7.13. The Bertz CT molecular complexity index is 205. The second-order valence-electron chi connectivity index (χ2n) is 3.04. The summed E-state index contributed by atoms with van der Waals surface area (Å²) in [6.45, 7) is 1.98. The van der Waals surface area contributed by atoms with E-state index in [2.05, 4.69) is 10.6 Å². The molecule has 1 saturated carbocycles. The Kier molecular flexibility index (Phi) is 3.06. The normalized spacial score (nSPS) is 18.0. The van der Waals surface area contributed by atoms with E-state index in [0.29, 0.717) is 6.04 Å². The third-order valence-corrected chi connectivity index (χ3v) is 1.80. The topological polar surface area (TPSA) is 64.9 Å². The highest BCUT2D eigenvalue weighted by atomic mass is 16.2. The summed E-state index contributed by atoms with van der Waals surface area (Å²) in [4.78, 5) is 11.2. The van der Waals surface area contributed by atoms with Crippen LogP contribution in [0.1, 0.15) is 19.8 Å². The molecule has 0 aromatic heterocycles. The van der Waals surface area contributed by atoms with Crippen LogP contribution in [0.4, 0.5) is 0 Å². The first-order chi connectivity index (χ1) is 5.74. The van der Waals surface area contributed by atoms with Crippen molar-refractivity contribution in [1.29, 1.82) is 5.26 Å². The van der Waals surface area contributed by atoms with Crippen LogP contribution in [0.15, 0.2) is 0 Å². The molecule has 0 spiro atoms. The SMILES string of the molecule is CC(NCC#N)C(=O)NC1CC1. The molecule has 1 fully saturated rings. The zero-order chi connectivity index (χ0) is 8.97. The van der Waals surface area contributed by atoms with Gasteiger partial charge in [0.15, 0.2) is 0 Å². The Morgan fingerprint density at radius 2 is 2.42 bits per heavy atom. The van der Waals surface area contributed by atoms with E-state index in [0.717, 1.165) is 12.8 Å². The van der Waals surface area contributed by atoms with E-state index >= 15 is 0 Å². The van der Waals surface area contributed by atoms with Crippen LogP contribution in [0.2, 0.25) is 0 Å². The molecule has 4 heteroatoms. The number of hydrogen-bond donors (Lipinski definition) is 2. The first-order valence-electron chi connectivity index (χ1n) is 4.14. The Labute approximate surface area is 71.9 Å². The van der Waals surface area contributed by atoms with E-state index < -0.39 is 0 Å². The number of nitrogens with one attached hydrogen (secondary N) is 2. The molecule has 1 amide bonds. The van der Waals surface area contributed by atoms with Crippen LogP contribution >= 0.6 is 0 Å². The van der Waals surface area contributed by atoms with Gasteiger partial charge < -0.3 is 5.32 Å². The van der Waals surface area contributed by atoms with Gasteiger partial charge in [0.2, 0.25) is 5.91 Å². The lowest BCUT2D eigenvalue weighted by Gasteiger charge is -2.10. The van der Waals surface area contributed by atoms with Crippen LogP contribution in [-0.4, -0.2) is 24.5 Å². The minimum absolute atomic E-state index is 0.00671. The first kappa shape index (κ1) is 9.01. The molecule has 0 bridgehead atoms. The standard InChI is InChI=1S/C8H13N3O/c1-6(10-5-4-9)8(12)11-7-2-3-7/h6-7,10H,2-3,5H2,1H3,(H,11,12). The summed E-state index contributed by atoms with van der Waals surface area (Å²) in [5.74, 6) is -0.00671. The summed E-state index contributed by atoms with van der Waals surface area (Å²) < 4.78 is 0. The highest BCUT2D eigenvalue weighted by Gasteiger charge is 2.25. The van der Waals surface area contributed by atoms with Crippen LogP contribution in [0.5, 0.6) is 0 Å². The van der Waals surface area contributed by atoms with E-state index in [1.54, 1.807) is 6.92 Å². The van der Waals surface area contributed by atoms with Crippen molar-refractivity contribution < 1.29 is 4.79 Å². The molecule has 0 radical (unpaired) electrons. The van der Waals surface area contributed by atoms with Gasteiger partial charge in [-0.05, 0) is 19.8 Å². The van der Waals surface area contributed by atoms with Gasteiger partial charge in [0.1, 0.15) is 0 Å². The van der Waals surface area contributed by atoms with Gasteiger partial charge in [-0.1, -0.05) is 0 Å². The predicted molar refractivity (Wildman–Crippen MR) is 44.2 cm³/mol. The molecular weight excluding hydrogens is 154 g/mol. The van der Waals surface area contributed by atoms with Crippen LogP contribution < -0.4 is 10.6 Å². The Balaban J connectivity index is 2.16. The van der Waals surface area contributed by atoms with Crippen molar-refractivity contribution in [2.24, 2.45) is 0 Å². The summed E-state index contributed by atoms with van der Waals surface area (Å²) in [7, 11) is 0. The van der Waals surface area contributed by atoms with Crippen LogP contribution in [-0.2, 0) is 4.79 Å². The smallest absolute Gasteiger partial charge is 0.237 e. The maximum atomic E-state index is 11.2. The molecule has 0 aromatic rings. The number of amides is 1. The Morgan fingerprint density at radius 1 is 1.75 bits per heavy atom. The van der Waals surface area contributed by atoms with Gasteiger partial charge in [0, 0.05) is 6.04 Å². The molecule has 1 rings (SSSR count). The quantitative estimate of drug-likeness (QED) is 0.568. The van der Waals surface area contributed by atoms with Crippen molar-refractivity contribution in [3.63, 3.8) is 0 Å². The Morgan fingerprint density at radius 3 is 2.92 bits per heavy atom. The van der Waals surface area contributed by atoms with Crippen LogP contribution in [0.3, 0.4) is 0 Å². The molecule has 2 N–H and O–H groups in total. The van der Waals surface area contributed by atoms with Crippen molar-refractivity contribution in [1.82, 2.24) is 10.6 Å². The molecule has 66 valence electrons. The third kappa shape index (κ3) is 2.89. The van der Waals surface area contributed by atoms with E-state index in [-0.39, 0.29) is 18.5 Å². The fourth-order valence-corrected chi connectivity index (χ4v) is 0.845. The van der Waals surface area contributed by atoms with Crippen molar-refractivity contribution in [2.45, 2.75) is 31.8 Å². The van der Waals surface area contributed by atoms with Crippen LogP contribution in [0, 0.1) is 11.3 Å². The second kappa shape index (κ2) is 4.07. The first-order valence-corrected chi connectivity index (χ1v) is 4.14. The van der Waals surface area contributed by atoms with Gasteiger partial charge in [-0.3, -0.25) is 10.1 Å².